The molecular weight excluding hydrogens is 372 g/mol. The second-order valence-electron chi connectivity index (χ2n) is 8.91. The predicted molar refractivity (Wildman–Crippen MR) is 115 cm³/mol. The molecule has 0 spiro atoms. The maximum atomic E-state index is 12.0. The van der Waals surface area contributed by atoms with E-state index in [-0.39, 0.29) is 12.1 Å². The molecule has 4 heteroatoms. The number of carbonyl (C=O) groups excluding carboxylic acids is 1. The summed E-state index contributed by atoms with van der Waals surface area (Å²) in [5.74, 6) is 2.02. The molecule has 2 aliphatic carbocycles. The molecule has 0 bridgehead atoms. The number of carbonyl (C=O) groups is 1. The summed E-state index contributed by atoms with van der Waals surface area (Å²) < 4.78 is 5.67. The number of allylic oxidation sites excluding steroid dienone is 1. The van der Waals surface area contributed by atoms with Crippen molar-refractivity contribution in [3.05, 3.63) is 59.9 Å². The van der Waals surface area contributed by atoms with Crippen LogP contribution in [0.15, 0.2) is 48.7 Å². The van der Waals surface area contributed by atoms with Crippen molar-refractivity contribution in [3.63, 3.8) is 0 Å². The molecule has 0 unspecified atom stereocenters. The monoisotopic (exact) mass is 398 g/mol. The molecule has 2 saturated carbocycles. The van der Waals surface area contributed by atoms with Crippen molar-refractivity contribution in [1.82, 2.24) is 4.98 Å². The number of rotatable bonds is 3. The van der Waals surface area contributed by atoms with E-state index in [4.69, 9.17) is 4.74 Å². The van der Waals surface area contributed by atoms with Crippen molar-refractivity contribution in [2.75, 3.05) is 0 Å². The molecule has 3 fully saturated rings. The van der Waals surface area contributed by atoms with Gasteiger partial charge in [0.2, 0.25) is 0 Å². The fourth-order valence-corrected chi connectivity index (χ4v) is 5.88. The molecule has 5 atom stereocenters. The minimum atomic E-state index is -0.0271. The lowest BCUT2D eigenvalue weighted by Gasteiger charge is -2.45. The van der Waals surface area contributed by atoms with Gasteiger partial charge in [0, 0.05) is 23.2 Å². The molecule has 3 aliphatic rings. The van der Waals surface area contributed by atoms with Gasteiger partial charge in [-0.25, -0.2) is 0 Å². The number of pyridine rings is 1. The number of fused-ring (bicyclic) bond motifs is 2. The first-order chi connectivity index (χ1) is 14.7. The van der Waals surface area contributed by atoms with E-state index >= 15 is 0 Å². The van der Waals surface area contributed by atoms with E-state index in [1.807, 2.05) is 42.6 Å². The molecule has 2 aromatic rings. The highest BCUT2D eigenvalue weighted by atomic mass is 16.5. The predicted octanol–water partition coefficient (Wildman–Crippen LogP) is 5.39. The van der Waals surface area contributed by atoms with E-state index in [0.29, 0.717) is 35.7 Å². The Labute approximate surface area is 177 Å². The number of aromatic nitrogens is 1. The number of ether oxygens (including phenoxy) is 1. The average molecular weight is 399 g/mol. The third-order valence-electron chi connectivity index (χ3n) is 7.29. The summed E-state index contributed by atoms with van der Waals surface area (Å²) in [5.41, 5.74) is 3.42. The van der Waals surface area contributed by atoms with Crippen LogP contribution in [0, 0.1) is 35.0 Å². The zero-order chi connectivity index (χ0) is 20.5. The molecular formula is C26H26N2O2. The van der Waals surface area contributed by atoms with Crippen molar-refractivity contribution in [3.8, 4) is 17.2 Å². The molecule has 1 aromatic carbocycles. The Kier molecular flexibility index (Phi) is 5.12. The smallest absolute Gasteiger partial charge is 0.306 e. The summed E-state index contributed by atoms with van der Waals surface area (Å²) in [4.78, 5) is 16.6. The maximum absolute atomic E-state index is 12.0. The Morgan fingerprint density at radius 3 is 2.80 bits per heavy atom. The maximum Gasteiger partial charge on any atom is 0.306 e. The van der Waals surface area contributed by atoms with E-state index in [2.05, 4.69) is 23.2 Å². The second-order valence-corrected chi connectivity index (χ2v) is 8.91. The van der Waals surface area contributed by atoms with Crippen LogP contribution in [0.3, 0.4) is 0 Å². The van der Waals surface area contributed by atoms with Crippen molar-refractivity contribution in [2.45, 2.75) is 44.6 Å². The number of nitriles is 1. The molecule has 30 heavy (non-hydrogen) atoms. The van der Waals surface area contributed by atoms with Crippen molar-refractivity contribution in [1.29, 1.82) is 5.26 Å². The van der Waals surface area contributed by atoms with Gasteiger partial charge in [0.25, 0.3) is 0 Å². The summed E-state index contributed by atoms with van der Waals surface area (Å²) in [6.07, 6.45) is 13.1. The third kappa shape index (κ3) is 3.54. The first-order valence-electron chi connectivity index (χ1n) is 11.1. The SMILES string of the molecule is N#Cc1ccccc1-c1ccc(C=C[C@H]2[C@@H]3CCCC[C@H]3C[C@@H]3OC(=O)C[C@H]23)nc1. The van der Waals surface area contributed by atoms with Gasteiger partial charge >= 0.3 is 5.97 Å². The molecule has 1 saturated heterocycles. The summed E-state index contributed by atoms with van der Waals surface area (Å²) in [7, 11) is 0. The van der Waals surface area contributed by atoms with Gasteiger partial charge in [0.1, 0.15) is 6.10 Å². The minimum absolute atomic E-state index is 0.0271. The third-order valence-corrected chi connectivity index (χ3v) is 7.29. The zero-order valence-corrected chi connectivity index (χ0v) is 17.0. The summed E-state index contributed by atoms with van der Waals surface area (Å²) in [6.45, 7) is 0. The highest BCUT2D eigenvalue weighted by Crippen LogP contribution is 2.51. The van der Waals surface area contributed by atoms with Gasteiger partial charge in [-0.15, -0.1) is 0 Å². The lowest BCUT2D eigenvalue weighted by molar-refractivity contribution is -0.143. The quantitative estimate of drug-likeness (QED) is 0.650. The Morgan fingerprint density at radius 2 is 1.97 bits per heavy atom. The van der Waals surface area contributed by atoms with Crippen molar-refractivity contribution in [2.24, 2.45) is 23.7 Å². The molecule has 1 aliphatic heterocycles. The molecule has 4 nitrogen and oxygen atoms in total. The normalized spacial score (nSPS) is 30.4. The minimum Gasteiger partial charge on any atom is -0.462 e. The molecule has 0 amide bonds. The van der Waals surface area contributed by atoms with Gasteiger partial charge in [-0.2, -0.15) is 5.26 Å². The van der Waals surface area contributed by atoms with Gasteiger partial charge in [-0.05, 0) is 48.8 Å². The zero-order valence-electron chi connectivity index (χ0n) is 17.0. The molecule has 2 heterocycles. The van der Waals surface area contributed by atoms with Crippen LogP contribution in [0.5, 0.6) is 0 Å². The molecule has 0 radical (unpaired) electrons. The van der Waals surface area contributed by atoms with Crippen LogP contribution in [-0.4, -0.2) is 17.1 Å². The van der Waals surface area contributed by atoms with Crippen LogP contribution in [-0.2, 0) is 9.53 Å². The first kappa shape index (κ1) is 19.1. The Hall–Kier alpha value is -2.93. The highest BCUT2D eigenvalue weighted by Gasteiger charge is 2.49. The number of hydrogen-bond acceptors (Lipinski definition) is 4. The highest BCUT2D eigenvalue weighted by molar-refractivity contribution is 5.72. The summed E-state index contributed by atoms with van der Waals surface area (Å²) in [5, 5.41) is 9.34. The fourth-order valence-electron chi connectivity index (χ4n) is 5.88. The van der Waals surface area contributed by atoms with Gasteiger partial charge in [-0.1, -0.05) is 49.6 Å². The van der Waals surface area contributed by atoms with Crippen molar-refractivity contribution < 1.29 is 9.53 Å². The van der Waals surface area contributed by atoms with E-state index < -0.39 is 0 Å². The van der Waals surface area contributed by atoms with Gasteiger partial charge in [0.05, 0.1) is 23.7 Å². The standard InChI is InChI=1S/C26H26N2O2/c27-15-18-6-2-3-7-21(18)19-9-10-20(28-16-19)11-12-23-22-8-4-1-5-17(22)13-25-24(23)14-26(29)30-25/h2-3,6-7,9-12,16-17,22-25H,1,4-5,8,13-14H2/t17-,22+,23-,24+,25-/m0/s1. The van der Waals surface area contributed by atoms with Crippen LogP contribution in [0.25, 0.3) is 17.2 Å². The Balaban J connectivity index is 1.38. The number of benzene rings is 1. The number of nitrogens with zero attached hydrogens (tertiary/aromatic N) is 2. The summed E-state index contributed by atoms with van der Waals surface area (Å²) in [6, 6.07) is 13.9. The van der Waals surface area contributed by atoms with Crippen LogP contribution >= 0.6 is 0 Å². The van der Waals surface area contributed by atoms with Gasteiger partial charge < -0.3 is 4.74 Å². The molecule has 1 aromatic heterocycles. The van der Waals surface area contributed by atoms with Crippen LogP contribution in [0.4, 0.5) is 0 Å². The van der Waals surface area contributed by atoms with Crippen molar-refractivity contribution >= 4 is 12.0 Å². The van der Waals surface area contributed by atoms with E-state index in [0.717, 1.165) is 23.2 Å². The Bertz CT molecular complexity index is 1000. The molecule has 152 valence electrons. The van der Waals surface area contributed by atoms with Crippen LogP contribution < -0.4 is 0 Å². The molecule has 0 N–H and O–H groups in total. The van der Waals surface area contributed by atoms with Crippen LogP contribution in [0.2, 0.25) is 0 Å². The van der Waals surface area contributed by atoms with E-state index in [1.54, 1.807) is 0 Å². The fraction of sp³-hybridized carbons (Fsp3) is 0.423. The van der Waals surface area contributed by atoms with E-state index in [9.17, 15) is 10.1 Å². The average Bonchev–Trinajstić information content (AvgIpc) is 3.16. The van der Waals surface area contributed by atoms with Gasteiger partial charge in [-0.3, -0.25) is 9.78 Å². The Morgan fingerprint density at radius 1 is 1.10 bits per heavy atom. The lowest BCUT2D eigenvalue weighted by atomic mass is 9.60. The number of esters is 1. The van der Waals surface area contributed by atoms with Gasteiger partial charge in [0.15, 0.2) is 0 Å². The van der Waals surface area contributed by atoms with E-state index in [1.165, 1.54) is 25.7 Å². The largest absolute Gasteiger partial charge is 0.462 e. The summed E-state index contributed by atoms with van der Waals surface area (Å²) >= 11 is 0. The topological polar surface area (TPSA) is 63.0 Å². The lowest BCUT2D eigenvalue weighted by Crippen LogP contribution is -2.41. The number of hydrogen-bond donors (Lipinski definition) is 0. The second kappa shape index (κ2) is 8.07. The molecule has 5 rings (SSSR count). The first-order valence-corrected chi connectivity index (χ1v) is 11.1. The van der Waals surface area contributed by atoms with Crippen LogP contribution in [0.1, 0.15) is 49.8 Å².